The molecule has 1 rings (SSSR count). The fraction of sp³-hybridized carbons (Fsp3) is 0.308. The van der Waals surface area contributed by atoms with E-state index in [9.17, 15) is 14.9 Å². The SMILES string of the molecule is C=CCN(CCC)C(=O)c1cc([N+](=O)[O-])ccc1Cl. The highest BCUT2D eigenvalue weighted by molar-refractivity contribution is 6.33. The van der Waals surface area contributed by atoms with Crippen LogP contribution in [0.15, 0.2) is 30.9 Å². The summed E-state index contributed by atoms with van der Waals surface area (Å²) in [4.78, 5) is 24.0. The lowest BCUT2D eigenvalue weighted by Crippen LogP contribution is -2.32. The zero-order valence-electron chi connectivity index (χ0n) is 10.6. The average molecular weight is 283 g/mol. The second-order valence-corrected chi connectivity index (χ2v) is 4.37. The molecule has 0 saturated heterocycles. The molecule has 0 heterocycles. The fourth-order valence-corrected chi connectivity index (χ4v) is 1.86. The number of nitro benzene ring substituents is 1. The van der Waals surface area contributed by atoms with Crippen molar-refractivity contribution in [3.05, 3.63) is 51.6 Å². The van der Waals surface area contributed by atoms with Crippen molar-refractivity contribution in [2.45, 2.75) is 13.3 Å². The lowest BCUT2D eigenvalue weighted by molar-refractivity contribution is -0.384. The van der Waals surface area contributed by atoms with E-state index >= 15 is 0 Å². The van der Waals surface area contributed by atoms with Crippen LogP contribution in [0, 0.1) is 10.1 Å². The third-order valence-corrected chi connectivity index (χ3v) is 2.85. The van der Waals surface area contributed by atoms with Crippen LogP contribution in [0.2, 0.25) is 5.02 Å². The molecule has 0 aliphatic heterocycles. The summed E-state index contributed by atoms with van der Waals surface area (Å²) in [7, 11) is 0. The smallest absolute Gasteiger partial charge is 0.270 e. The molecule has 0 aromatic heterocycles. The predicted octanol–water partition coefficient (Wildman–Crippen LogP) is 3.29. The van der Waals surface area contributed by atoms with Crippen LogP contribution in [0.1, 0.15) is 23.7 Å². The number of hydrogen-bond donors (Lipinski definition) is 0. The molecule has 0 unspecified atom stereocenters. The Hall–Kier alpha value is -1.88. The Bertz CT molecular complexity index is 503. The molecule has 0 atom stereocenters. The summed E-state index contributed by atoms with van der Waals surface area (Å²) in [5.74, 6) is -0.324. The minimum absolute atomic E-state index is 0.145. The number of rotatable bonds is 6. The van der Waals surface area contributed by atoms with Crippen molar-refractivity contribution in [3.63, 3.8) is 0 Å². The first-order chi connectivity index (χ1) is 9.01. The van der Waals surface area contributed by atoms with Gasteiger partial charge in [0, 0.05) is 25.2 Å². The molecule has 0 saturated carbocycles. The molecule has 0 aliphatic carbocycles. The Morgan fingerprint density at radius 3 is 2.79 bits per heavy atom. The van der Waals surface area contributed by atoms with Crippen molar-refractivity contribution in [3.8, 4) is 0 Å². The van der Waals surface area contributed by atoms with Crippen LogP contribution in [0.4, 0.5) is 5.69 Å². The maximum Gasteiger partial charge on any atom is 0.270 e. The van der Waals surface area contributed by atoms with E-state index in [1.54, 1.807) is 11.0 Å². The number of amides is 1. The first-order valence-electron chi connectivity index (χ1n) is 5.85. The molecule has 1 aromatic carbocycles. The van der Waals surface area contributed by atoms with Gasteiger partial charge in [-0.15, -0.1) is 6.58 Å². The van der Waals surface area contributed by atoms with E-state index in [2.05, 4.69) is 6.58 Å². The van der Waals surface area contributed by atoms with Gasteiger partial charge in [-0.2, -0.15) is 0 Å². The molecular formula is C13H15ClN2O3. The van der Waals surface area contributed by atoms with Gasteiger partial charge in [0.25, 0.3) is 11.6 Å². The van der Waals surface area contributed by atoms with Crippen LogP contribution in [0.5, 0.6) is 0 Å². The molecule has 1 amide bonds. The van der Waals surface area contributed by atoms with E-state index in [1.165, 1.54) is 18.2 Å². The Balaban J connectivity index is 3.12. The van der Waals surface area contributed by atoms with Crippen molar-refractivity contribution >= 4 is 23.2 Å². The third kappa shape index (κ3) is 3.79. The first-order valence-corrected chi connectivity index (χ1v) is 6.23. The van der Waals surface area contributed by atoms with Gasteiger partial charge in [0.15, 0.2) is 0 Å². The minimum Gasteiger partial charge on any atom is -0.335 e. The molecule has 0 bridgehead atoms. The molecule has 0 N–H and O–H groups in total. The number of non-ortho nitro benzene ring substituents is 1. The highest BCUT2D eigenvalue weighted by atomic mass is 35.5. The zero-order valence-corrected chi connectivity index (χ0v) is 11.4. The number of nitrogens with zero attached hydrogens (tertiary/aromatic N) is 2. The van der Waals surface area contributed by atoms with Gasteiger partial charge in [0.05, 0.1) is 15.5 Å². The molecule has 5 nitrogen and oxygen atoms in total. The van der Waals surface area contributed by atoms with E-state index in [-0.39, 0.29) is 22.2 Å². The lowest BCUT2D eigenvalue weighted by atomic mass is 10.1. The van der Waals surface area contributed by atoms with Crippen LogP contribution < -0.4 is 0 Å². The minimum atomic E-state index is -0.551. The van der Waals surface area contributed by atoms with Crippen LogP contribution in [0.3, 0.4) is 0 Å². The van der Waals surface area contributed by atoms with E-state index in [1.807, 2.05) is 6.92 Å². The number of nitro groups is 1. The molecule has 0 fully saturated rings. The first kappa shape index (κ1) is 15.2. The van der Waals surface area contributed by atoms with Crippen molar-refractivity contribution in [1.82, 2.24) is 4.90 Å². The van der Waals surface area contributed by atoms with Gasteiger partial charge in [-0.1, -0.05) is 24.6 Å². The number of carbonyl (C=O) groups excluding carboxylic acids is 1. The maximum atomic E-state index is 12.3. The molecular weight excluding hydrogens is 268 g/mol. The zero-order chi connectivity index (χ0) is 14.4. The maximum absolute atomic E-state index is 12.3. The monoisotopic (exact) mass is 282 g/mol. The molecule has 0 radical (unpaired) electrons. The molecule has 19 heavy (non-hydrogen) atoms. The van der Waals surface area contributed by atoms with Crippen molar-refractivity contribution in [2.75, 3.05) is 13.1 Å². The summed E-state index contributed by atoms with van der Waals surface area (Å²) in [6.07, 6.45) is 2.39. The quantitative estimate of drug-likeness (QED) is 0.457. The van der Waals surface area contributed by atoms with Crippen LogP contribution in [0.25, 0.3) is 0 Å². The fourth-order valence-electron chi connectivity index (χ4n) is 1.66. The molecule has 0 aliphatic rings. The average Bonchev–Trinajstić information content (AvgIpc) is 2.38. The van der Waals surface area contributed by atoms with Gasteiger partial charge in [-0.3, -0.25) is 14.9 Å². The van der Waals surface area contributed by atoms with Gasteiger partial charge in [-0.05, 0) is 12.5 Å². The Labute approximate surface area is 116 Å². The van der Waals surface area contributed by atoms with Crippen molar-refractivity contribution < 1.29 is 9.72 Å². The number of hydrogen-bond acceptors (Lipinski definition) is 3. The second kappa shape index (κ2) is 6.89. The van der Waals surface area contributed by atoms with E-state index in [0.717, 1.165) is 6.42 Å². The summed E-state index contributed by atoms with van der Waals surface area (Å²) >= 11 is 5.94. The van der Waals surface area contributed by atoms with Crippen LogP contribution >= 0.6 is 11.6 Å². The van der Waals surface area contributed by atoms with Gasteiger partial charge in [0.1, 0.15) is 0 Å². The second-order valence-electron chi connectivity index (χ2n) is 3.96. The summed E-state index contributed by atoms with van der Waals surface area (Å²) < 4.78 is 0. The lowest BCUT2D eigenvalue weighted by Gasteiger charge is -2.20. The van der Waals surface area contributed by atoms with Gasteiger partial charge in [0.2, 0.25) is 0 Å². The van der Waals surface area contributed by atoms with Gasteiger partial charge >= 0.3 is 0 Å². The number of benzene rings is 1. The topological polar surface area (TPSA) is 63.5 Å². The summed E-state index contributed by atoms with van der Waals surface area (Å²) in [6.45, 7) is 6.46. The highest BCUT2D eigenvalue weighted by Gasteiger charge is 2.20. The van der Waals surface area contributed by atoms with Crippen molar-refractivity contribution in [1.29, 1.82) is 0 Å². The summed E-state index contributed by atoms with van der Waals surface area (Å²) in [6, 6.07) is 3.85. The Morgan fingerprint density at radius 2 is 2.26 bits per heavy atom. The molecule has 1 aromatic rings. The molecule has 6 heteroatoms. The highest BCUT2D eigenvalue weighted by Crippen LogP contribution is 2.23. The standard InChI is InChI=1S/C13H15ClN2O3/c1-3-7-15(8-4-2)13(17)11-9-10(16(18)19)5-6-12(11)14/h3,5-6,9H,1,4,7-8H2,2H3. The molecule has 0 spiro atoms. The van der Waals surface area contributed by atoms with E-state index < -0.39 is 4.92 Å². The molecule has 102 valence electrons. The normalized spacial score (nSPS) is 10.0. The Kier molecular flexibility index (Phi) is 5.51. The third-order valence-electron chi connectivity index (χ3n) is 2.52. The summed E-state index contributed by atoms with van der Waals surface area (Å²) in [5.41, 5.74) is -0.00559. The summed E-state index contributed by atoms with van der Waals surface area (Å²) in [5, 5.41) is 10.9. The number of carbonyl (C=O) groups is 1. The largest absolute Gasteiger partial charge is 0.335 e. The van der Waals surface area contributed by atoms with Crippen LogP contribution in [-0.4, -0.2) is 28.8 Å². The van der Waals surface area contributed by atoms with Crippen molar-refractivity contribution in [2.24, 2.45) is 0 Å². The predicted molar refractivity (Wildman–Crippen MR) is 74.5 cm³/mol. The van der Waals surface area contributed by atoms with Gasteiger partial charge < -0.3 is 4.90 Å². The van der Waals surface area contributed by atoms with E-state index in [4.69, 9.17) is 11.6 Å². The Morgan fingerprint density at radius 1 is 1.58 bits per heavy atom. The van der Waals surface area contributed by atoms with E-state index in [0.29, 0.717) is 13.1 Å². The van der Waals surface area contributed by atoms with Crippen LogP contribution in [-0.2, 0) is 0 Å². The van der Waals surface area contributed by atoms with Gasteiger partial charge in [-0.25, -0.2) is 0 Å². The number of halogens is 1.